The Kier molecular flexibility index (Phi) is 3.81. The molecule has 0 saturated heterocycles. The maximum Gasteiger partial charge on any atom is 0.339 e. The Bertz CT molecular complexity index is 405. The minimum atomic E-state index is -2.17. The fraction of sp³-hybridized carbons (Fsp3) is 0.222. The molecule has 15 heavy (non-hydrogen) atoms. The van der Waals surface area contributed by atoms with Crippen LogP contribution in [-0.2, 0) is 21.6 Å². The van der Waals surface area contributed by atoms with Crippen LogP contribution in [0.2, 0.25) is 0 Å². The van der Waals surface area contributed by atoms with Gasteiger partial charge in [0, 0.05) is 11.4 Å². The molecule has 82 valence electrons. The zero-order valence-corrected chi connectivity index (χ0v) is 8.87. The first-order chi connectivity index (χ1) is 7.04. The standard InChI is InChI=1S/C9H11NO4S/c1-14-9(11)7-3-2-6(4-8(7)10)5-15(12)13/h2-4H,5,10H2,1H3,(H,12,13)/p-1. The monoisotopic (exact) mass is 228 g/mol. The van der Waals surface area contributed by atoms with Crippen molar-refractivity contribution in [1.29, 1.82) is 0 Å². The van der Waals surface area contributed by atoms with E-state index in [1.54, 1.807) is 0 Å². The zero-order chi connectivity index (χ0) is 11.4. The Hall–Kier alpha value is -1.40. The molecule has 0 heterocycles. The van der Waals surface area contributed by atoms with Gasteiger partial charge in [-0.25, -0.2) is 4.79 Å². The first-order valence-corrected chi connectivity index (χ1v) is 5.31. The average molecular weight is 228 g/mol. The molecule has 0 aromatic heterocycles. The lowest BCUT2D eigenvalue weighted by Gasteiger charge is -2.08. The van der Waals surface area contributed by atoms with Crippen LogP contribution in [0.15, 0.2) is 18.2 Å². The molecular formula is C9H10NO4S-. The van der Waals surface area contributed by atoms with Gasteiger partial charge < -0.3 is 15.0 Å². The molecule has 1 aromatic carbocycles. The van der Waals surface area contributed by atoms with E-state index in [2.05, 4.69) is 4.74 Å². The normalized spacial score (nSPS) is 12.1. The smallest absolute Gasteiger partial charge is 0.339 e. The Morgan fingerprint density at radius 1 is 1.60 bits per heavy atom. The van der Waals surface area contributed by atoms with Crippen molar-refractivity contribution >= 4 is 22.7 Å². The summed E-state index contributed by atoms with van der Waals surface area (Å²) >= 11 is -2.17. The zero-order valence-electron chi connectivity index (χ0n) is 8.06. The van der Waals surface area contributed by atoms with Gasteiger partial charge in [0.05, 0.1) is 12.7 Å². The van der Waals surface area contributed by atoms with Gasteiger partial charge in [-0.05, 0) is 17.7 Å². The minimum Gasteiger partial charge on any atom is -0.772 e. The Morgan fingerprint density at radius 3 is 2.73 bits per heavy atom. The maximum absolute atomic E-state index is 11.1. The van der Waals surface area contributed by atoms with Gasteiger partial charge in [-0.2, -0.15) is 0 Å². The van der Waals surface area contributed by atoms with Gasteiger partial charge in [0.15, 0.2) is 0 Å². The molecule has 1 aromatic rings. The van der Waals surface area contributed by atoms with Gasteiger partial charge in [0.2, 0.25) is 0 Å². The fourth-order valence-electron chi connectivity index (χ4n) is 1.13. The third kappa shape index (κ3) is 3.03. The third-order valence-corrected chi connectivity index (χ3v) is 2.37. The number of methoxy groups -OCH3 is 1. The van der Waals surface area contributed by atoms with Gasteiger partial charge in [0.1, 0.15) is 0 Å². The van der Waals surface area contributed by atoms with Crippen molar-refractivity contribution < 1.29 is 18.3 Å². The molecule has 0 bridgehead atoms. The quantitative estimate of drug-likeness (QED) is 0.460. The molecule has 0 aliphatic heterocycles. The van der Waals surface area contributed by atoms with Crippen molar-refractivity contribution in [3.05, 3.63) is 29.3 Å². The molecule has 5 nitrogen and oxygen atoms in total. The molecule has 1 unspecified atom stereocenters. The number of carbonyl (C=O) groups is 1. The van der Waals surface area contributed by atoms with E-state index < -0.39 is 17.0 Å². The van der Waals surface area contributed by atoms with Gasteiger partial charge in [-0.1, -0.05) is 17.1 Å². The summed E-state index contributed by atoms with van der Waals surface area (Å²) in [7, 11) is 1.25. The summed E-state index contributed by atoms with van der Waals surface area (Å²) in [4.78, 5) is 11.1. The fourth-order valence-corrected chi connectivity index (χ4v) is 1.59. The van der Waals surface area contributed by atoms with Crippen LogP contribution < -0.4 is 5.73 Å². The van der Waals surface area contributed by atoms with Crippen molar-refractivity contribution in [3.8, 4) is 0 Å². The van der Waals surface area contributed by atoms with Crippen LogP contribution in [0, 0.1) is 0 Å². The molecule has 1 atom stereocenters. The van der Waals surface area contributed by atoms with E-state index in [-0.39, 0.29) is 17.0 Å². The molecule has 0 aliphatic carbocycles. The highest BCUT2D eigenvalue weighted by molar-refractivity contribution is 7.78. The summed E-state index contributed by atoms with van der Waals surface area (Å²) in [5.41, 5.74) is 6.55. The second-order valence-electron chi connectivity index (χ2n) is 2.86. The lowest BCUT2D eigenvalue weighted by molar-refractivity contribution is 0.0602. The van der Waals surface area contributed by atoms with Crippen LogP contribution >= 0.6 is 0 Å². The van der Waals surface area contributed by atoms with Crippen LogP contribution in [0.1, 0.15) is 15.9 Å². The van der Waals surface area contributed by atoms with Crippen molar-refractivity contribution in [2.75, 3.05) is 12.8 Å². The highest BCUT2D eigenvalue weighted by Gasteiger charge is 2.09. The SMILES string of the molecule is COC(=O)c1ccc(CS(=O)[O-])cc1N. The van der Waals surface area contributed by atoms with Gasteiger partial charge >= 0.3 is 5.97 Å². The van der Waals surface area contributed by atoms with Gasteiger partial charge in [-0.3, -0.25) is 4.21 Å². The Morgan fingerprint density at radius 2 is 2.27 bits per heavy atom. The predicted octanol–water partition coefficient (Wildman–Crippen LogP) is 0.435. The first kappa shape index (κ1) is 11.7. The Labute approximate surface area is 89.5 Å². The lowest BCUT2D eigenvalue weighted by atomic mass is 10.1. The Balaban J connectivity index is 2.97. The molecule has 0 amide bonds. The van der Waals surface area contributed by atoms with Crippen molar-refractivity contribution in [2.24, 2.45) is 0 Å². The number of nitrogen functional groups attached to an aromatic ring is 1. The molecule has 0 fully saturated rings. The highest BCUT2D eigenvalue weighted by atomic mass is 32.2. The third-order valence-electron chi connectivity index (χ3n) is 1.81. The molecule has 0 radical (unpaired) electrons. The van der Waals surface area contributed by atoms with Gasteiger partial charge in [-0.15, -0.1) is 0 Å². The molecular weight excluding hydrogens is 218 g/mol. The van der Waals surface area contributed by atoms with E-state index in [4.69, 9.17) is 5.73 Å². The van der Waals surface area contributed by atoms with E-state index in [1.807, 2.05) is 0 Å². The number of ether oxygens (including phenoxy) is 1. The molecule has 6 heteroatoms. The second kappa shape index (κ2) is 4.90. The summed E-state index contributed by atoms with van der Waals surface area (Å²) in [6.07, 6.45) is 0. The number of carbonyl (C=O) groups excluding carboxylic acids is 1. The van der Waals surface area contributed by atoms with E-state index in [0.717, 1.165) is 0 Å². The molecule has 0 spiro atoms. The molecule has 2 N–H and O–H groups in total. The predicted molar refractivity (Wildman–Crippen MR) is 54.8 cm³/mol. The largest absolute Gasteiger partial charge is 0.772 e. The number of hydrogen-bond acceptors (Lipinski definition) is 5. The van der Waals surface area contributed by atoms with E-state index in [9.17, 15) is 13.6 Å². The summed E-state index contributed by atoms with van der Waals surface area (Å²) in [5, 5.41) is 0. The number of esters is 1. The summed E-state index contributed by atoms with van der Waals surface area (Å²) in [5.74, 6) is -0.659. The number of benzene rings is 1. The number of anilines is 1. The topological polar surface area (TPSA) is 92.5 Å². The minimum absolute atomic E-state index is 0.119. The van der Waals surface area contributed by atoms with Crippen LogP contribution in [-0.4, -0.2) is 21.8 Å². The maximum atomic E-state index is 11.1. The van der Waals surface area contributed by atoms with Crippen LogP contribution in [0.5, 0.6) is 0 Å². The molecule has 0 saturated carbocycles. The number of rotatable bonds is 3. The second-order valence-corrected chi connectivity index (χ2v) is 3.76. The van der Waals surface area contributed by atoms with Crippen LogP contribution in [0.3, 0.4) is 0 Å². The van der Waals surface area contributed by atoms with Gasteiger partial charge in [0.25, 0.3) is 0 Å². The first-order valence-electron chi connectivity index (χ1n) is 4.07. The summed E-state index contributed by atoms with van der Waals surface area (Å²) in [6, 6.07) is 4.42. The number of hydrogen-bond donors (Lipinski definition) is 1. The van der Waals surface area contributed by atoms with Crippen LogP contribution in [0.4, 0.5) is 5.69 Å². The van der Waals surface area contributed by atoms with Crippen LogP contribution in [0.25, 0.3) is 0 Å². The average Bonchev–Trinajstić information content (AvgIpc) is 2.16. The van der Waals surface area contributed by atoms with E-state index >= 15 is 0 Å². The van der Waals surface area contributed by atoms with Crippen molar-refractivity contribution in [3.63, 3.8) is 0 Å². The lowest BCUT2D eigenvalue weighted by Crippen LogP contribution is -2.06. The molecule has 1 rings (SSSR count). The van der Waals surface area contributed by atoms with E-state index in [0.29, 0.717) is 5.56 Å². The molecule has 0 aliphatic rings. The van der Waals surface area contributed by atoms with Crippen molar-refractivity contribution in [1.82, 2.24) is 0 Å². The van der Waals surface area contributed by atoms with E-state index in [1.165, 1.54) is 25.3 Å². The summed E-state index contributed by atoms with van der Waals surface area (Å²) in [6.45, 7) is 0. The highest BCUT2D eigenvalue weighted by Crippen LogP contribution is 2.16. The number of nitrogens with two attached hydrogens (primary N) is 1. The van der Waals surface area contributed by atoms with Crippen molar-refractivity contribution in [2.45, 2.75) is 5.75 Å². The summed E-state index contributed by atoms with van der Waals surface area (Å²) < 4.78 is 25.3.